The minimum absolute atomic E-state index is 0.241. The van der Waals surface area contributed by atoms with Crippen molar-refractivity contribution in [3.63, 3.8) is 0 Å². The predicted molar refractivity (Wildman–Crippen MR) is 109 cm³/mol. The third kappa shape index (κ3) is 3.53. The van der Waals surface area contributed by atoms with Crippen LogP contribution in [0.1, 0.15) is 31.2 Å². The summed E-state index contributed by atoms with van der Waals surface area (Å²) in [5.41, 5.74) is 0.978. The third-order valence-corrected chi connectivity index (χ3v) is 7.58. The van der Waals surface area contributed by atoms with Gasteiger partial charge in [-0.25, -0.2) is 0 Å². The second-order valence-electron chi connectivity index (χ2n) is 9.35. The second-order valence-corrected chi connectivity index (χ2v) is 9.35. The van der Waals surface area contributed by atoms with Gasteiger partial charge in [0.1, 0.15) is 13.1 Å². The number of ether oxygens (including phenoxy) is 1. The Labute approximate surface area is 168 Å². The van der Waals surface area contributed by atoms with E-state index in [4.69, 9.17) is 4.74 Å². The molecular formula is C24H33N2O2+. The van der Waals surface area contributed by atoms with Crippen LogP contribution in [0.2, 0.25) is 0 Å². The molecule has 5 rings (SSSR count). The molecule has 1 amide bonds. The van der Waals surface area contributed by atoms with Gasteiger partial charge in [0, 0.05) is 6.54 Å². The van der Waals surface area contributed by atoms with Gasteiger partial charge in [0.25, 0.3) is 0 Å². The third-order valence-electron chi connectivity index (χ3n) is 7.58. The molecule has 4 nitrogen and oxygen atoms in total. The molecule has 0 spiro atoms. The quantitative estimate of drug-likeness (QED) is 0.729. The standard InChI is InChI=1S/C24H32N2O2/c27-23(24(8-9-24)22-4-2-1-3-5-22)26(11-10-25-12-14-28-15-13-25)18-21-17-19-6-7-20(21)16-19/h1-7,19-21H,8-18H2/p+1/t19-,20+,21+/m1/s1. The van der Waals surface area contributed by atoms with Crippen LogP contribution in [0.3, 0.4) is 0 Å². The van der Waals surface area contributed by atoms with Gasteiger partial charge in [-0.05, 0) is 49.0 Å². The Morgan fingerprint density at radius 3 is 2.54 bits per heavy atom. The monoisotopic (exact) mass is 381 g/mol. The second kappa shape index (κ2) is 7.64. The molecule has 1 saturated heterocycles. The fourth-order valence-corrected chi connectivity index (χ4v) is 5.68. The Bertz CT molecular complexity index is 721. The molecule has 2 saturated carbocycles. The number of allylic oxidation sites excluding steroid dienone is 2. The van der Waals surface area contributed by atoms with Crippen LogP contribution in [-0.2, 0) is 14.9 Å². The van der Waals surface area contributed by atoms with Crippen molar-refractivity contribution in [2.45, 2.75) is 31.1 Å². The van der Waals surface area contributed by atoms with Crippen LogP contribution in [0.25, 0.3) is 0 Å². The van der Waals surface area contributed by atoms with Crippen LogP contribution in [0.4, 0.5) is 0 Å². The molecule has 3 atom stereocenters. The fraction of sp³-hybridized carbons (Fsp3) is 0.625. The van der Waals surface area contributed by atoms with Crippen LogP contribution in [0.15, 0.2) is 42.5 Å². The Morgan fingerprint density at radius 2 is 1.89 bits per heavy atom. The normalized spacial score (nSPS) is 30.5. The maximum atomic E-state index is 13.8. The number of rotatable bonds is 7. The van der Waals surface area contributed by atoms with E-state index in [-0.39, 0.29) is 5.41 Å². The number of quaternary nitrogens is 1. The number of morpholine rings is 1. The number of carbonyl (C=O) groups is 1. The van der Waals surface area contributed by atoms with E-state index in [1.54, 1.807) is 4.90 Å². The SMILES string of the molecule is O=C(N(CC[NH+]1CCOCC1)C[C@@H]1C[C@@H]2C=C[C@H]1C2)C1(c2ccccc2)CC1. The zero-order chi connectivity index (χ0) is 19.0. The van der Waals surface area contributed by atoms with Gasteiger partial charge in [-0.1, -0.05) is 42.5 Å². The van der Waals surface area contributed by atoms with E-state index in [1.165, 1.54) is 18.4 Å². The molecule has 3 aliphatic carbocycles. The Hall–Kier alpha value is -1.65. The summed E-state index contributed by atoms with van der Waals surface area (Å²) < 4.78 is 5.51. The Kier molecular flexibility index (Phi) is 5.02. The van der Waals surface area contributed by atoms with E-state index in [0.717, 1.165) is 64.7 Å². The van der Waals surface area contributed by atoms with Gasteiger partial charge in [-0.2, -0.15) is 0 Å². The van der Waals surface area contributed by atoms with E-state index in [0.29, 0.717) is 17.7 Å². The molecule has 4 aliphatic rings. The smallest absolute Gasteiger partial charge is 0.233 e. The first-order chi connectivity index (χ1) is 13.7. The summed E-state index contributed by atoms with van der Waals surface area (Å²) in [6, 6.07) is 10.5. The predicted octanol–water partition coefficient (Wildman–Crippen LogP) is 1.67. The van der Waals surface area contributed by atoms with E-state index in [1.807, 2.05) is 6.07 Å². The van der Waals surface area contributed by atoms with Gasteiger partial charge >= 0.3 is 0 Å². The summed E-state index contributed by atoms with van der Waals surface area (Å²) in [5.74, 6) is 2.51. The van der Waals surface area contributed by atoms with Crippen molar-refractivity contribution in [1.29, 1.82) is 0 Å². The number of amides is 1. The van der Waals surface area contributed by atoms with Crippen LogP contribution in [0.5, 0.6) is 0 Å². The summed E-state index contributed by atoms with van der Waals surface area (Å²) in [4.78, 5) is 17.6. The molecule has 1 N–H and O–H groups in total. The molecule has 1 aliphatic heterocycles. The maximum absolute atomic E-state index is 13.8. The van der Waals surface area contributed by atoms with Gasteiger partial charge in [-0.15, -0.1) is 0 Å². The molecule has 3 fully saturated rings. The van der Waals surface area contributed by atoms with Crippen molar-refractivity contribution < 1.29 is 14.4 Å². The minimum Gasteiger partial charge on any atom is -0.370 e. The van der Waals surface area contributed by atoms with E-state index in [2.05, 4.69) is 41.3 Å². The van der Waals surface area contributed by atoms with E-state index in [9.17, 15) is 4.79 Å². The molecule has 1 heterocycles. The Balaban J connectivity index is 1.31. The molecule has 1 aromatic carbocycles. The zero-order valence-corrected chi connectivity index (χ0v) is 16.8. The van der Waals surface area contributed by atoms with Crippen molar-refractivity contribution >= 4 is 5.91 Å². The minimum atomic E-state index is -0.241. The van der Waals surface area contributed by atoms with Crippen LogP contribution in [-0.4, -0.2) is 56.7 Å². The lowest BCUT2D eigenvalue weighted by atomic mass is 9.90. The van der Waals surface area contributed by atoms with Crippen molar-refractivity contribution in [2.24, 2.45) is 17.8 Å². The lowest BCUT2D eigenvalue weighted by molar-refractivity contribution is -0.907. The molecular weight excluding hydrogens is 348 g/mol. The molecule has 2 bridgehead atoms. The molecule has 0 unspecified atom stereocenters. The summed E-state index contributed by atoms with van der Waals surface area (Å²) in [6.45, 7) is 6.74. The van der Waals surface area contributed by atoms with Gasteiger partial charge in [-0.3, -0.25) is 4.79 Å². The summed E-state index contributed by atoms with van der Waals surface area (Å²) in [5, 5.41) is 0. The number of benzene rings is 1. The number of carbonyl (C=O) groups excluding carboxylic acids is 1. The molecule has 1 aromatic rings. The highest BCUT2D eigenvalue weighted by molar-refractivity contribution is 5.91. The van der Waals surface area contributed by atoms with Crippen LogP contribution < -0.4 is 4.90 Å². The summed E-state index contributed by atoms with van der Waals surface area (Å²) in [7, 11) is 0. The van der Waals surface area contributed by atoms with Crippen molar-refractivity contribution in [2.75, 3.05) is 45.9 Å². The highest BCUT2D eigenvalue weighted by Gasteiger charge is 2.53. The molecule has 4 heteroatoms. The lowest BCUT2D eigenvalue weighted by Crippen LogP contribution is -3.14. The topological polar surface area (TPSA) is 34.0 Å². The van der Waals surface area contributed by atoms with Gasteiger partial charge in [0.15, 0.2) is 0 Å². The average Bonchev–Trinajstić information content (AvgIpc) is 3.30. The largest absolute Gasteiger partial charge is 0.370 e. The fourth-order valence-electron chi connectivity index (χ4n) is 5.68. The number of nitrogens with zero attached hydrogens (tertiary/aromatic N) is 1. The highest BCUT2D eigenvalue weighted by atomic mass is 16.5. The van der Waals surface area contributed by atoms with Gasteiger partial charge < -0.3 is 14.5 Å². The number of fused-ring (bicyclic) bond motifs is 2. The first kappa shape index (κ1) is 18.4. The lowest BCUT2D eigenvalue weighted by Gasteiger charge is -2.33. The average molecular weight is 382 g/mol. The van der Waals surface area contributed by atoms with Crippen molar-refractivity contribution in [3.8, 4) is 0 Å². The summed E-state index contributed by atoms with van der Waals surface area (Å²) in [6.07, 6.45) is 9.41. The zero-order valence-electron chi connectivity index (χ0n) is 16.8. The van der Waals surface area contributed by atoms with E-state index < -0.39 is 0 Å². The molecule has 0 aromatic heterocycles. The van der Waals surface area contributed by atoms with Gasteiger partial charge in [0.2, 0.25) is 5.91 Å². The molecule has 0 radical (unpaired) electrons. The summed E-state index contributed by atoms with van der Waals surface area (Å²) >= 11 is 0. The van der Waals surface area contributed by atoms with Crippen molar-refractivity contribution in [1.82, 2.24) is 4.90 Å². The van der Waals surface area contributed by atoms with Gasteiger partial charge in [0.05, 0.1) is 31.7 Å². The van der Waals surface area contributed by atoms with Crippen LogP contribution in [0, 0.1) is 17.8 Å². The number of nitrogens with one attached hydrogen (secondary N) is 1. The maximum Gasteiger partial charge on any atom is 0.233 e. The van der Waals surface area contributed by atoms with Crippen LogP contribution >= 0.6 is 0 Å². The Morgan fingerprint density at radius 1 is 1.11 bits per heavy atom. The number of hydrogen-bond acceptors (Lipinski definition) is 2. The first-order valence-electron chi connectivity index (χ1n) is 11.2. The number of hydrogen-bond donors (Lipinski definition) is 1. The first-order valence-corrected chi connectivity index (χ1v) is 11.2. The molecule has 150 valence electrons. The van der Waals surface area contributed by atoms with Crippen molar-refractivity contribution in [3.05, 3.63) is 48.0 Å². The van der Waals surface area contributed by atoms with E-state index >= 15 is 0 Å². The highest BCUT2D eigenvalue weighted by Crippen LogP contribution is 2.50. The molecule has 28 heavy (non-hydrogen) atoms.